The van der Waals surface area contributed by atoms with E-state index in [1.165, 1.54) is 6.07 Å². The van der Waals surface area contributed by atoms with Crippen LogP contribution in [0.1, 0.15) is 17.9 Å². The number of para-hydroxylation sites is 1. The fourth-order valence-corrected chi connectivity index (χ4v) is 2.52. The molecule has 1 aliphatic rings. The van der Waals surface area contributed by atoms with Gasteiger partial charge in [-0.05, 0) is 29.9 Å². The molecular weight excluding hydrogens is 285 g/mol. The standard InChI is InChI=1S/C11H10BrF3O/c12-6-7-5-9(7)8-3-1-2-4-10(8)16-11(13,14)15/h1-4,7,9H,5-6H2. The summed E-state index contributed by atoms with van der Waals surface area (Å²) in [6.07, 6.45) is -3.70. The summed E-state index contributed by atoms with van der Waals surface area (Å²) in [5, 5.41) is 0.817. The van der Waals surface area contributed by atoms with E-state index in [0.29, 0.717) is 11.5 Å². The molecule has 1 aliphatic carbocycles. The van der Waals surface area contributed by atoms with E-state index in [9.17, 15) is 13.2 Å². The molecule has 2 rings (SSSR count). The van der Waals surface area contributed by atoms with Gasteiger partial charge in [-0.15, -0.1) is 13.2 Å². The lowest BCUT2D eigenvalue weighted by Gasteiger charge is -2.12. The second-order valence-electron chi connectivity index (χ2n) is 3.84. The maximum absolute atomic E-state index is 12.2. The van der Waals surface area contributed by atoms with Gasteiger partial charge in [-0.1, -0.05) is 34.1 Å². The molecular formula is C11H10BrF3O. The maximum Gasteiger partial charge on any atom is 0.573 e. The molecule has 0 aliphatic heterocycles. The minimum absolute atomic E-state index is 0.0662. The van der Waals surface area contributed by atoms with E-state index in [1.807, 2.05) is 0 Å². The van der Waals surface area contributed by atoms with Crippen molar-refractivity contribution in [3.8, 4) is 5.75 Å². The first kappa shape index (κ1) is 11.8. The number of halogens is 4. The van der Waals surface area contributed by atoms with Crippen molar-refractivity contribution < 1.29 is 17.9 Å². The smallest absolute Gasteiger partial charge is 0.405 e. The first-order valence-electron chi connectivity index (χ1n) is 4.92. The lowest BCUT2D eigenvalue weighted by Crippen LogP contribution is -2.18. The zero-order chi connectivity index (χ0) is 11.8. The molecule has 1 saturated carbocycles. The number of ether oxygens (including phenoxy) is 1. The van der Waals surface area contributed by atoms with Crippen molar-refractivity contribution in [2.45, 2.75) is 18.7 Å². The predicted molar refractivity (Wildman–Crippen MR) is 57.8 cm³/mol. The lowest BCUT2D eigenvalue weighted by molar-refractivity contribution is -0.274. The highest BCUT2D eigenvalue weighted by molar-refractivity contribution is 9.09. The summed E-state index contributed by atoms with van der Waals surface area (Å²) < 4.78 is 40.5. The van der Waals surface area contributed by atoms with Gasteiger partial charge in [0.15, 0.2) is 0 Å². The topological polar surface area (TPSA) is 9.23 Å². The van der Waals surface area contributed by atoms with Gasteiger partial charge in [0.25, 0.3) is 0 Å². The highest BCUT2D eigenvalue weighted by atomic mass is 79.9. The minimum Gasteiger partial charge on any atom is -0.405 e. The van der Waals surface area contributed by atoms with Gasteiger partial charge in [0.2, 0.25) is 0 Å². The summed E-state index contributed by atoms with van der Waals surface area (Å²) in [7, 11) is 0. The van der Waals surface area contributed by atoms with Crippen LogP contribution in [0.3, 0.4) is 0 Å². The number of alkyl halides is 4. The van der Waals surface area contributed by atoms with Crippen LogP contribution in [0.5, 0.6) is 5.75 Å². The van der Waals surface area contributed by atoms with Crippen LogP contribution in [0.2, 0.25) is 0 Å². The Morgan fingerprint density at radius 2 is 2.00 bits per heavy atom. The summed E-state index contributed by atoms with van der Waals surface area (Å²) in [5.41, 5.74) is 0.657. The summed E-state index contributed by atoms with van der Waals surface area (Å²) in [6, 6.07) is 6.36. The molecule has 5 heteroatoms. The van der Waals surface area contributed by atoms with Gasteiger partial charge in [-0.25, -0.2) is 0 Å². The molecule has 0 spiro atoms. The van der Waals surface area contributed by atoms with Gasteiger partial charge in [0.05, 0.1) is 0 Å². The van der Waals surface area contributed by atoms with E-state index < -0.39 is 6.36 Å². The van der Waals surface area contributed by atoms with Crippen molar-refractivity contribution in [1.29, 1.82) is 0 Å². The third-order valence-electron chi connectivity index (χ3n) is 2.66. The summed E-state index contributed by atoms with van der Waals surface area (Å²) in [4.78, 5) is 0. The highest BCUT2D eigenvalue weighted by Crippen LogP contribution is 2.51. The van der Waals surface area contributed by atoms with Gasteiger partial charge >= 0.3 is 6.36 Å². The van der Waals surface area contributed by atoms with Gasteiger partial charge in [-0.2, -0.15) is 0 Å². The van der Waals surface area contributed by atoms with Crippen molar-refractivity contribution in [2.24, 2.45) is 5.92 Å². The summed E-state index contributed by atoms with van der Waals surface area (Å²) in [5.74, 6) is 0.555. The Kier molecular flexibility index (Phi) is 3.15. The van der Waals surface area contributed by atoms with Crippen LogP contribution >= 0.6 is 15.9 Å². The van der Waals surface area contributed by atoms with Crippen LogP contribution in [0, 0.1) is 5.92 Å². The SMILES string of the molecule is FC(F)(F)Oc1ccccc1C1CC1CBr. The van der Waals surface area contributed by atoms with Gasteiger partial charge in [-0.3, -0.25) is 0 Å². The molecule has 1 fully saturated rings. The van der Waals surface area contributed by atoms with Crippen molar-refractivity contribution in [2.75, 3.05) is 5.33 Å². The van der Waals surface area contributed by atoms with Crippen molar-refractivity contribution in [3.05, 3.63) is 29.8 Å². The minimum atomic E-state index is -4.62. The van der Waals surface area contributed by atoms with E-state index in [2.05, 4.69) is 20.7 Å². The molecule has 1 nitrogen and oxygen atoms in total. The van der Waals surface area contributed by atoms with Crippen LogP contribution in [0.4, 0.5) is 13.2 Å². The normalized spacial score (nSPS) is 24.2. The monoisotopic (exact) mass is 294 g/mol. The zero-order valence-electron chi connectivity index (χ0n) is 8.30. The molecule has 1 aromatic rings. The van der Waals surface area contributed by atoms with Crippen molar-refractivity contribution in [3.63, 3.8) is 0 Å². The van der Waals surface area contributed by atoms with E-state index in [-0.39, 0.29) is 11.7 Å². The molecule has 2 atom stereocenters. The fourth-order valence-electron chi connectivity index (χ4n) is 1.80. The van der Waals surface area contributed by atoms with E-state index in [1.54, 1.807) is 18.2 Å². The third kappa shape index (κ3) is 2.70. The van der Waals surface area contributed by atoms with Gasteiger partial charge in [0.1, 0.15) is 5.75 Å². The van der Waals surface area contributed by atoms with Gasteiger partial charge in [0, 0.05) is 5.33 Å². The largest absolute Gasteiger partial charge is 0.573 e. The first-order chi connectivity index (χ1) is 7.51. The molecule has 16 heavy (non-hydrogen) atoms. The third-order valence-corrected chi connectivity index (χ3v) is 3.50. The maximum atomic E-state index is 12.2. The highest BCUT2D eigenvalue weighted by Gasteiger charge is 2.40. The van der Waals surface area contributed by atoms with Crippen LogP contribution < -0.4 is 4.74 Å². The molecule has 0 bridgehead atoms. The van der Waals surface area contributed by atoms with Crippen LogP contribution in [0.15, 0.2) is 24.3 Å². The van der Waals surface area contributed by atoms with Crippen LogP contribution in [-0.2, 0) is 0 Å². The van der Waals surface area contributed by atoms with E-state index in [4.69, 9.17) is 0 Å². The molecule has 0 saturated heterocycles. The van der Waals surface area contributed by atoms with Crippen LogP contribution in [0.25, 0.3) is 0 Å². The number of hydrogen-bond donors (Lipinski definition) is 0. The van der Waals surface area contributed by atoms with E-state index in [0.717, 1.165) is 11.8 Å². The van der Waals surface area contributed by atoms with Crippen molar-refractivity contribution >= 4 is 15.9 Å². The molecule has 1 aromatic carbocycles. The van der Waals surface area contributed by atoms with Crippen LogP contribution in [-0.4, -0.2) is 11.7 Å². The second kappa shape index (κ2) is 4.28. The second-order valence-corrected chi connectivity index (χ2v) is 4.49. The first-order valence-corrected chi connectivity index (χ1v) is 6.04. The number of rotatable bonds is 3. The molecule has 0 aromatic heterocycles. The molecule has 88 valence electrons. The Balaban J connectivity index is 2.19. The molecule has 0 N–H and O–H groups in total. The van der Waals surface area contributed by atoms with E-state index >= 15 is 0 Å². The molecule has 0 radical (unpaired) electrons. The van der Waals surface area contributed by atoms with Crippen molar-refractivity contribution in [1.82, 2.24) is 0 Å². The summed E-state index contributed by atoms with van der Waals surface area (Å²) >= 11 is 3.34. The molecule has 2 unspecified atom stereocenters. The average Bonchev–Trinajstić information content (AvgIpc) is 2.95. The molecule has 0 heterocycles. The zero-order valence-corrected chi connectivity index (χ0v) is 9.88. The number of hydrogen-bond acceptors (Lipinski definition) is 1. The Bertz CT molecular complexity index is 378. The van der Waals surface area contributed by atoms with Gasteiger partial charge < -0.3 is 4.74 Å². The Labute approximate surface area is 99.7 Å². The summed E-state index contributed by atoms with van der Waals surface area (Å²) in [6.45, 7) is 0. The predicted octanol–water partition coefficient (Wildman–Crippen LogP) is 4.08. The lowest BCUT2D eigenvalue weighted by atomic mass is 10.1. The Morgan fingerprint density at radius 1 is 1.31 bits per heavy atom. The molecule has 0 amide bonds. The Morgan fingerprint density at radius 3 is 2.56 bits per heavy atom. The Hall–Kier alpha value is -0.710. The fraction of sp³-hybridized carbons (Fsp3) is 0.455. The average molecular weight is 295 g/mol. The number of benzene rings is 1. The quantitative estimate of drug-likeness (QED) is 0.763.